The number of aromatic nitrogens is 2. The van der Waals surface area contributed by atoms with Gasteiger partial charge < -0.3 is 15.4 Å². The van der Waals surface area contributed by atoms with Crippen LogP contribution in [-0.2, 0) is 11.3 Å². The number of rotatable bonds is 7. The van der Waals surface area contributed by atoms with Crippen molar-refractivity contribution in [1.29, 1.82) is 0 Å². The summed E-state index contributed by atoms with van der Waals surface area (Å²) >= 11 is 0. The Balaban J connectivity index is 1.88. The van der Waals surface area contributed by atoms with Crippen LogP contribution in [0.4, 0.5) is 11.6 Å². The van der Waals surface area contributed by atoms with Crippen LogP contribution in [0.1, 0.15) is 37.9 Å². The first-order chi connectivity index (χ1) is 9.31. The predicted molar refractivity (Wildman–Crippen MR) is 77.4 cm³/mol. The lowest BCUT2D eigenvalue weighted by Gasteiger charge is -2.12. The van der Waals surface area contributed by atoms with Crippen molar-refractivity contribution in [3.8, 4) is 0 Å². The van der Waals surface area contributed by atoms with E-state index in [1.54, 1.807) is 7.11 Å². The summed E-state index contributed by atoms with van der Waals surface area (Å²) in [5.41, 5.74) is 0. The Morgan fingerprint density at radius 3 is 2.68 bits per heavy atom. The molecule has 1 saturated carbocycles. The number of nitrogens with zero attached hydrogens (tertiary/aromatic N) is 2. The monoisotopic (exact) mass is 264 g/mol. The van der Waals surface area contributed by atoms with Crippen LogP contribution in [0.25, 0.3) is 0 Å². The van der Waals surface area contributed by atoms with Gasteiger partial charge in [-0.25, -0.2) is 9.97 Å². The Morgan fingerprint density at radius 2 is 2.00 bits per heavy atom. The Morgan fingerprint density at radius 1 is 1.26 bits per heavy atom. The molecule has 1 aliphatic rings. The second kappa shape index (κ2) is 7.28. The minimum absolute atomic E-state index is 0.437. The predicted octanol–water partition coefficient (Wildman–Crippen LogP) is 2.66. The van der Waals surface area contributed by atoms with E-state index in [0.29, 0.717) is 12.4 Å². The first kappa shape index (κ1) is 14.1. The quantitative estimate of drug-likeness (QED) is 0.793. The van der Waals surface area contributed by atoms with E-state index in [4.69, 9.17) is 4.74 Å². The lowest BCUT2D eigenvalue weighted by atomic mass is 10.0. The van der Waals surface area contributed by atoms with Crippen molar-refractivity contribution in [2.75, 3.05) is 31.3 Å². The Hall–Kier alpha value is -1.36. The minimum Gasteiger partial charge on any atom is -0.377 e. The molecule has 2 N–H and O–H groups in total. The van der Waals surface area contributed by atoms with E-state index in [2.05, 4.69) is 20.6 Å². The summed E-state index contributed by atoms with van der Waals surface area (Å²) in [7, 11) is 3.52. The lowest BCUT2D eigenvalue weighted by molar-refractivity contribution is 0.178. The third-order valence-corrected chi connectivity index (χ3v) is 3.64. The van der Waals surface area contributed by atoms with E-state index in [0.717, 1.165) is 24.1 Å². The molecule has 1 aliphatic carbocycles. The van der Waals surface area contributed by atoms with E-state index in [1.165, 1.54) is 32.1 Å². The van der Waals surface area contributed by atoms with Crippen molar-refractivity contribution in [2.45, 2.75) is 38.7 Å². The summed E-state index contributed by atoms with van der Waals surface area (Å²) in [4.78, 5) is 8.79. The topological polar surface area (TPSA) is 59.1 Å². The van der Waals surface area contributed by atoms with Crippen molar-refractivity contribution < 1.29 is 4.74 Å². The molecule has 0 spiro atoms. The molecule has 5 heteroatoms. The van der Waals surface area contributed by atoms with Crippen LogP contribution in [0.15, 0.2) is 6.07 Å². The van der Waals surface area contributed by atoms with Gasteiger partial charge in [-0.2, -0.15) is 0 Å². The Labute approximate surface area is 115 Å². The van der Waals surface area contributed by atoms with Crippen LogP contribution in [0, 0.1) is 5.92 Å². The van der Waals surface area contributed by atoms with Gasteiger partial charge in [-0.05, 0) is 12.3 Å². The van der Waals surface area contributed by atoms with E-state index >= 15 is 0 Å². The fourth-order valence-corrected chi connectivity index (χ4v) is 2.61. The van der Waals surface area contributed by atoms with Crippen molar-refractivity contribution in [1.82, 2.24) is 9.97 Å². The van der Waals surface area contributed by atoms with Crippen LogP contribution < -0.4 is 10.6 Å². The third kappa shape index (κ3) is 4.35. The molecule has 1 aromatic heterocycles. The molecule has 5 nitrogen and oxygen atoms in total. The first-order valence-electron chi connectivity index (χ1n) is 7.10. The number of hydrogen-bond acceptors (Lipinski definition) is 5. The molecule has 0 aromatic carbocycles. The SMILES string of the molecule is CNc1cc(NCCC2CCCC2)nc(COC)n1. The minimum atomic E-state index is 0.437. The van der Waals surface area contributed by atoms with Gasteiger partial charge in [-0.3, -0.25) is 0 Å². The molecule has 1 heterocycles. The van der Waals surface area contributed by atoms with Crippen molar-refractivity contribution >= 4 is 11.6 Å². The van der Waals surface area contributed by atoms with Crippen LogP contribution in [-0.4, -0.2) is 30.7 Å². The summed E-state index contributed by atoms with van der Waals surface area (Å²) in [6, 6.07) is 1.94. The van der Waals surface area contributed by atoms with E-state index in [1.807, 2.05) is 13.1 Å². The average molecular weight is 264 g/mol. The molecule has 0 bridgehead atoms. The van der Waals surface area contributed by atoms with Gasteiger partial charge in [0.05, 0.1) is 0 Å². The highest BCUT2D eigenvalue weighted by Gasteiger charge is 2.14. The average Bonchev–Trinajstić information content (AvgIpc) is 2.92. The second-order valence-corrected chi connectivity index (χ2v) is 5.10. The van der Waals surface area contributed by atoms with Gasteiger partial charge in [0, 0.05) is 26.8 Å². The summed E-state index contributed by atoms with van der Waals surface area (Å²) in [6.07, 6.45) is 6.82. The summed E-state index contributed by atoms with van der Waals surface area (Å²) in [5.74, 6) is 3.31. The Bertz CT molecular complexity index is 391. The van der Waals surface area contributed by atoms with E-state index in [-0.39, 0.29) is 0 Å². The van der Waals surface area contributed by atoms with Crippen molar-refractivity contribution in [2.24, 2.45) is 5.92 Å². The third-order valence-electron chi connectivity index (χ3n) is 3.64. The Kier molecular flexibility index (Phi) is 5.39. The molecule has 0 radical (unpaired) electrons. The van der Waals surface area contributed by atoms with Gasteiger partial charge in [0.25, 0.3) is 0 Å². The van der Waals surface area contributed by atoms with Gasteiger partial charge in [0.2, 0.25) is 0 Å². The van der Waals surface area contributed by atoms with Crippen LogP contribution in [0.2, 0.25) is 0 Å². The fraction of sp³-hybridized carbons (Fsp3) is 0.714. The van der Waals surface area contributed by atoms with Crippen molar-refractivity contribution in [3.05, 3.63) is 11.9 Å². The van der Waals surface area contributed by atoms with E-state index < -0.39 is 0 Å². The maximum atomic E-state index is 5.09. The molecule has 0 amide bonds. The molecule has 0 aliphatic heterocycles. The van der Waals surface area contributed by atoms with Gasteiger partial charge in [-0.1, -0.05) is 25.7 Å². The van der Waals surface area contributed by atoms with Gasteiger partial charge in [0.15, 0.2) is 5.82 Å². The zero-order valence-electron chi connectivity index (χ0n) is 11.9. The maximum absolute atomic E-state index is 5.09. The van der Waals surface area contributed by atoms with Gasteiger partial charge in [-0.15, -0.1) is 0 Å². The largest absolute Gasteiger partial charge is 0.377 e. The van der Waals surface area contributed by atoms with Crippen LogP contribution in [0.3, 0.4) is 0 Å². The smallest absolute Gasteiger partial charge is 0.158 e. The zero-order chi connectivity index (χ0) is 13.5. The summed E-state index contributed by atoms with van der Waals surface area (Å²) in [6.45, 7) is 1.42. The molecule has 1 aromatic rings. The first-order valence-corrected chi connectivity index (χ1v) is 7.10. The normalized spacial score (nSPS) is 15.7. The summed E-state index contributed by atoms with van der Waals surface area (Å²) in [5, 5.41) is 6.45. The standard InChI is InChI=1S/C14H24N4O/c1-15-12-9-13(18-14(17-12)10-19-2)16-8-7-11-5-3-4-6-11/h9,11H,3-8,10H2,1-2H3,(H2,15,16,17,18). The number of ether oxygens (including phenoxy) is 1. The second-order valence-electron chi connectivity index (χ2n) is 5.10. The van der Waals surface area contributed by atoms with Gasteiger partial charge in [0.1, 0.15) is 18.2 Å². The number of methoxy groups -OCH3 is 1. The molecule has 0 saturated heterocycles. The molecule has 19 heavy (non-hydrogen) atoms. The summed E-state index contributed by atoms with van der Waals surface area (Å²) < 4.78 is 5.09. The number of nitrogens with one attached hydrogen (secondary N) is 2. The molecular weight excluding hydrogens is 240 g/mol. The molecule has 1 fully saturated rings. The number of hydrogen-bond donors (Lipinski definition) is 2. The van der Waals surface area contributed by atoms with E-state index in [9.17, 15) is 0 Å². The van der Waals surface area contributed by atoms with Crippen molar-refractivity contribution in [3.63, 3.8) is 0 Å². The maximum Gasteiger partial charge on any atom is 0.158 e. The molecular formula is C14H24N4O. The zero-order valence-corrected chi connectivity index (χ0v) is 11.9. The van der Waals surface area contributed by atoms with Crippen LogP contribution in [0.5, 0.6) is 0 Å². The molecule has 0 atom stereocenters. The van der Waals surface area contributed by atoms with Crippen LogP contribution >= 0.6 is 0 Å². The molecule has 106 valence electrons. The lowest BCUT2D eigenvalue weighted by Crippen LogP contribution is -2.10. The highest BCUT2D eigenvalue weighted by molar-refractivity contribution is 5.47. The number of anilines is 2. The fourth-order valence-electron chi connectivity index (χ4n) is 2.61. The van der Waals surface area contributed by atoms with Gasteiger partial charge >= 0.3 is 0 Å². The molecule has 2 rings (SSSR count). The highest BCUT2D eigenvalue weighted by Crippen LogP contribution is 2.27. The highest BCUT2D eigenvalue weighted by atomic mass is 16.5. The molecule has 0 unspecified atom stereocenters.